The van der Waals surface area contributed by atoms with Gasteiger partial charge in [-0.3, -0.25) is 4.79 Å². The van der Waals surface area contributed by atoms with Crippen molar-refractivity contribution in [3.8, 4) is 11.5 Å². The lowest BCUT2D eigenvalue weighted by Gasteiger charge is -2.28. The number of rotatable bonds is 5. The Morgan fingerprint density at radius 2 is 2.03 bits per heavy atom. The van der Waals surface area contributed by atoms with Crippen molar-refractivity contribution in [2.24, 2.45) is 11.7 Å². The highest BCUT2D eigenvalue weighted by atomic mass is 19.1. The van der Waals surface area contributed by atoms with Crippen LogP contribution in [0.2, 0.25) is 0 Å². The van der Waals surface area contributed by atoms with Crippen LogP contribution in [-0.4, -0.2) is 41.6 Å². The van der Waals surface area contributed by atoms with Crippen molar-refractivity contribution in [2.45, 2.75) is 44.7 Å². The summed E-state index contributed by atoms with van der Waals surface area (Å²) in [7, 11) is 1.45. The van der Waals surface area contributed by atoms with Gasteiger partial charge in [-0.05, 0) is 45.1 Å². The molecule has 1 saturated heterocycles. The van der Waals surface area contributed by atoms with Gasteiger partial charge in [-0.25, -0.2) is 9.18 Å². The molecule has 1 aliphatic carbocycles. The number of hydrogen-bond acceptors (Lipinski definition) is 6. The fraction of sp³-hybridized carbons (Fsp3) is 0.524. The Kier molecular flexibility index (Phi) is 4.88. The molecule has 1 aromatic carbocycles. The van der Waals surface area contributed by atoms with Crippen LogP contribution >= 0.6 is 0 Å². The zero-order valence-electron chi connectivity index (χ0n) is 17.3. The molecule has 162 valence electrons. The summed E-state index contributed by atoms with van der Waals surface area (Å²) in [4.78, 5) is 25.8. The first kappa shape index (κ1) is 20.5. The van der Waals surface area contributed by atoms with Gasteiger partial charge in [-0.2, -0.15) is 0 Å². The molecule has 2 heterocycles. The van der Waals surface area contributed by atoms with Gasteiger partial charge in [-0.1, -0.05) is 0 Å². The van der Waals surface area contributed by atoms with Gasteiger partial charge in [-0.15, -0.1) is 0 Å². The average molecular weight is 419 g/mol. The molecule has 3 N–H and O–H groups in total. The largest absolute Gasteiger partial charge is 0.511 e. The summed E-state index contributed by atoms with van der Waals surface area (Å²) in [5.74, 6) is -0.482. The summed E-state index contributed by atoms with van der Waals surface area (Å²) < 4.78 is 27.4. The molecule has 4 rings (SSSR count). The fourth-order valence-corrected chi connectivity index (χ4v) is 4.28. The molecular weight excluding hydrogens is 393 g/mol. The third-order valence-corrected chi connectivity index (χ3v) is 6.06. The smallest absolute Gasteiger partial charge is 0.492 e. The Bertz CT molecular complexity index is 1070. The normalized spacial score (nSPS) is 19.4. The molecule has 9 heteroatoms. The number of carboxylic acid groups (broad SMARTS) is 1. The molecule has 2 fully saturated rings. The van der Waals surface area contributed by atoms with E-state index in [-0.39, 0.29) is 28.8 Å². The number of nitrogens with two attached hydrogens (primary N) is 1. The number of fused-ring (bicyclic) bond motifs is 1. The molecule has 1 aromatic heterocycles. The average Bonchev–Trinajstić information content (AvgIpc) is 3.38. The van der Waals surface area contributed by atoms with Crippen LogP contribution in [0.1, 0.15) is 39.2 Å². The molecule has 0 unspecified atom stereocenters. The molecular formula is C21H26FN3O5. The van der Waals surface area contributed by atoms with Gasteiger partial charge in [0.05, 0.1) is 24.2 Å². The van der Waals surface area contributed by atoms with Crippen molar-refractivity contribution in [3.63, 3.8) is 0 Å². The van der Waals surface area contributed by atoms with Crippen LogP contribution in [0.15, 0.2) is 17.1 Å². The van der Waals surface area contributed by atoms with Gasteiger partial charge in [0.1, 0.15) is 5.69 Å². The Morgan fingerprint density at radius 3 is 2.57 bits per heavy atom. The Labute approximate surface area is 173 Å². The topological polar surface area (TPSA) is 107 Å². The Morgan fingerprint density at radius 1 is 1.33 bits per heavy atom. The first-order valence-electron chi connectivity index (χ1n) is 10.0. The highest BCUT2D eigenvalue weighted by molar-refractivity contribution is 5.92. The molecule has 2 aliphatic rings. The summed E-state index contributed by atoms with van der Waals surface area (Å²) in [6, 6.07) is 1.23. The lowest BCUT2D eigenvalue weighted by Crippen LogP contribution is -2.42. The van der Waals surface area contributed by atoms with Crippen LogP contribution in [-0.2, 0) is 0 Å². The minimum atomic E-state index is -1.59. The molecule has 1 atom stereocenters. The predicted octanol–water partition coefficient (Wildman–Crippen LogP) is 3.10. The van der Waals surface area contributed by atoms with E-state index in [9.17, 15) is 9.59 Å². The van der Waals surface area contributed by atoms with Crippen molar-refractivity contribution >= 4 is 22.7 Å². The summed E-state index contributed by atoms with van der Waals surface area (Å²) >= 11 is 0. The second kappa shape index (κ2) is 7.16. The van der Waals surface area contributed by atoms with Crippen molar-refractivity contribution in [2.75, 3.05) is 25.1 Å². The molecule has 0 amide bonds. The van der Waals surface area contributed by atoms with Crippen molar-refractivity contribution in [1.82, 2.24) is 4.57 Å². The van der Waals surface area contributed by atoms with E-state index >= 15 is 4.39 Å². The van der Waals surface area contributed by atoms with Crippen LogP contribution in [0.25, 0.3) is 10.9 Å². The number of nitrogens with zero attached hydrogens (tertiary/aromatic N) is 2. The lowest BCUT2D eigenvalue weighted by molar-refractivity contribution is 0.143. The number of anilines is 1. The van der Waals surface area contributed by atoms with E-state index in [0.29, 0.717) is 24.3 Å². The summed E-state index contributed by atoms with van der Waals surface area (Å²) in [5.41, 5.74) is 5.95. The van der Waals surface area contributed by atoms with Crippen LogP contribution in [0.5, 0.6) is 11.5 Å². The standard InChI is InChI=1S/C21H26FN3O5/c1-21(2,23)11-6-7-24(9-11)17-14(22)8-13-16(19(17)29-3)25(12-4-5-12)10-15(18(13)26)30-20(27)28/h8,10-12H,4-7,9,23H2,1-3H3,(H,27,28)/t11-/m0/s1. The molecule has 0 radical (unpaired) electrons. The Hall–Kier alpha value is -2.81. The van der Waals surface area contributed by atoms with Gasteiger partial charge in [0.2, 0.25) is 5.43 Å². The highest BCUT2D eigenvalue weighted by Crippen LogP contribution is 2.45. The monoisotopic (exact) mass is 419 g/mol. The molecule has 0 bridgehead atoms. The lowest BCUT2D eigenvalue weighted by atomic mass is 9.88. The quantitative estimate of drug-likeness (QED) is 0.717. The van der Waals surface area contributed by atoms with Crippen LogP contribution in [0.4, 0.5) is 14.9 Å². The molecule has 8 nitrogen and oxygen atoms in total. The van der Waals surface area contributed by atoms with E-state index in [1.807, 2.05) is 18.7 Å². The summed E-state index contributed by atoms with van der Waals surface area (Å²) in [6.07, 6.45) is 2.35. The van der Waals surface area contributed by atoms with E-state index in [1.54, 1.807) is 4.57 Å². The summed E-state index contributed by atoms with van der Waals surface area (Å²) in [5, 5.41) is 8.99. The molecule has 0 spiro atoms. The second-order valence-corrected chi connectivity index (χ2v) is 8.72. The van der Waals surface area contributed by atoms with E-state index in [4.69, 9.17) is 15.6 Å². The first-order chi connectivity index (χ1) is 14.1. The maximum absolute atomic E-state index is 15.3. The molecule has 1 saturated carbocycles. The van der Waals surface area contributed by atoms with E-state index in [1.165, 1.54) is 13.3 Å². The van der Waals surface area contributed by atoms with E-state index < -0.39 is 22.9 Å². The zero-order valence-corrected chi connectivity index (χ0v) is 17.3. The van der Waals surface area contributed by atoms with Gasteiger partial charge in [0.15, 0.2) is 17.3 Å². The van der Waals surface area contributed by atoms with E-state index in [0.717, 1.165) is 25.3 Å². The SMILES string of the molecule is COc1c(N2CC[C@H](C(C)(C)N)C2)c(F)cc2c(=O)c(OC(=O)O)cn(C3CC3)c12. The number of methoxy groups -OCH3 is 1. The molecule has 2 aromatic rings. The number of hydrogen-bond donors (Lipinski definition) is 2. The maximum atomic E-state index is 15.3. The zero-order chi connectivity index (χ0) is 21.8. The van der Waals surface area contributed by atoms with E-state index in [2.05, 4.69) is 4.74 Å². The fourth-order valence-electron chi connectivity index (χ4n) is 4.28. The van der Waals surface area contributed by atoms with Gasteiger partial charge < -0.3 is 29.8 Å². The summed E-state index contributed by atoms with van der Waals surface area (Å²) in [6.45, 7) is 5.13. The van der Waals surface area contributed by atoms with Crippen molar-refractivity contribution in [3.05, 3.63) is 28.3 Å². The minimum Gasteiger partial charge on any atom is -0.492 e. The minimum absolute atomic E-state index is 0.0358. The third kappa shape index (κ3) is 3.47. The van der Waals surface area contributed by atoms with Crippen LogP contribution in [0, 0.1) is 11.7 Å². The molecule has 30 heavy (non-hydrogen) atoms. The predicted molar refractivity (Wildman–Crippen MR) is 110 cm³/mol. The number of benzene rings is 1. The number of halogens is 1. The molecule has 1 aliphatic heterocycles. The van der Waals surface area contributed by atoms with Crippen LogP contribution in [0.3, 0.4) is 0 Å². The van der Waals surface area contributed by atoms with Gasteiger partial charge in [0, 0.05) is 24.7 Å². The third-order valence-electron chi connectivity index (χ3n) is 6.06. The highest BCUT2D eigenvalue weighted by Gasteiger charge is 2.36. The van der Waals surface area contributed by atoms with Crippen molar-refractivity contribution in [1.29, 1.82) is 0 Å². The van der Waals surface area contributed by atoms with Gasteiger partial charge in [0.25, 0.3) is 0 Å². The van der Waals surface area contributed by atoms with Crippen molar-refractivity contribution < 1.29 is 23.8 Å². The number of carbonyl (C=O) groups is 1. The maximum Gasteiger partial charge on any atom is 0.511 e. The number of pyridine rings is 1. The Balaban J connectivity index is 1.92. The van der Waals surface area contributed by atoms with Gasteiger partial charge >= 0.3 is 6.16 Å². The first-order valence-corrected chi connectivity index (χ1v) is 10.0. The van der Waals surface area contributed by atoms with Crippen LogP contribution < -0.4 is 25.5 Å². The number of aromatic nitrogens is 1. The number of ether oxygens (including phenoxy) is 2. The second-order valence-electron chi connectivity index (χ2n) is 8.72.